The van der Waals surface area contributed by atoms with E-state index < -0.39 is 13.2 Å². The van der Waals surface area contributed by atoms with E-state index in [1.165, 1.54) is 92.4 Å². The van der Waals surface area contributed by atoms with Crippen LogP contribution in [0.15, 0.2) is 103 Å². The van der Waals surface area contributed by atoms with Crippen molar-refractivity contribution in [3.63, 3.8) is 0 Å². The molecule has 0 aliphatic carbocycles. The summed E-state index contributed by atoms with van der Waals surface area (Å²) >= 11 is 0. The molecule has 4 rings (SSSR count). The fourth-order valence-corrected chi connectivity index (χ4v) is 11.0. The van der Waals surface area contributed by atoms with Gasteiger partial charge >= 0.3 is 5.97 Å². The minimum atomic E-state index is -1.70. The van der Waals surface area contributed by atoms with Crippen LogP contribution in [0.25, 0.3) is 0 Å². The van der Waals surface area contributed by atoms with Gasteiger partial charge in [0, 0.05) is 6.07 Å². The number of hydrogen-bond acceptors (Lipinski definition) is 4. The van der Waals surface area contributed by atoms with E-state index in [1.807, 2.05) is 0 Å². The summed E-state index contributed by atoms with van der Waals surface area (Å²) in [5, 5.41) is 14.7. The summed E-state index contributed by atoms with van der Waals surface area (Å²) in [6.45, 7) is 4.43. The highest BCUT2D eigenvalue weighted by atomic mass is 31.2. The molecule has 0 aliphatic rings. The van der Waals surface area contributed by atoms with Gasteiger partial charge in [-0.3, -0.25) is 0 Å². The van der Waals surface area contributed by atoms with E-state index in [9.17, 15) is 9.90 Å². The second kappa shape index (κ2) is 19.9. The zero-order valence-corrected chi connectivity index (χ0v) is 29.4. The lowest BCUT2D eigenvalue weighted by atomic mass is 10.1. The van der Waals surface area contributed by atoms with Crippen LogP contribution in [0, 0.1) is 6.92 Å². The van der Waals surface area contributed by atoms with E-state index in [4.69, 9.17) is 9.47 Å². The largest absolute Gasteiger partial charge is 0.507 e. The molecule has 0 spiro atoms. The molecular weight excluding hydrogens is 599 g/mol. The average molecular weight is 654 g/mol. The standard InChI is InChI=1S/C42H53O4P/c1-3-45-42(44)41-35(2)33-36(34-40(41)43)46-31-23-12-10-8-6-4-5-7-9-11-13-24-32-47(37-25-17-14-18-26-37,38-27-19-15-20-28-38)39-29-21-16-22-30-39/h14-22,25-30,33-34H,3-13,23-24,31-32H2,1-2H3/p+1. The molecule has 0 unspecified atom stereocenters. The first kappa shape index (κ1) is 36.2. The Balaban J connectivity index is 1.09. The normalized spacial score (nSPS) is 11.4. The second-order valence-electron chi connectivity index (χ2n) is 12.5. The molecule has 0 aromatic heterocycles. The minimum Gasteiger partial charge on any atom is -0.507 e. The number of benzene rings is 4. The summed E-state index contributed by atoms with van der Waals surface area (Å²) in [4.78, 5) is 12.0. The van der Waals surface area contributed by atoms with Gasteiger partial charge in [0.1, 0.15) is 40.2 Å². The van der Waals surface area contributed by atoms with Gasteiger partial charge in [-0.05, 0) is 81.1 Å². The molecule has 1 N–H and O–H groups in total. The summed E-state index contributed by atoms with van der Waals surface area (Å²) in [5.74, 6) is 0.00695. The van der Waals surface area contributed by atoms with E-state index in [0.29, 0.717) is 17.9 Å². The molecule has 5 heteroatoms. The molecule has 0 bridgehead atoms. The Kier molecular flexibility index (Phi) is 15.3. The molecule has 250 valence electrons. The zero-order valence-electron chi connectivity index (χ0n) is 28.5. The number of unbranched alkanes of at least 4 members (excludes halogenated alkanes) is 11. The molecule has 0 saturated carbocycles. The van der Waals surface area contributed by atoms with Gasteiger partial charge in [0.2, 0.25) is 0 Å². The first-order valence-electron chi connectivity index (χ1n) is 17.7. The summed E-state index contributed by atoms with van der Waals surface area (Å²) in [6, 6.07) is 37.0. The van der Waals surface area contributed by atoms with Crippen molar-refractivity contribution in [3.8, 4) is 11.5 Å². The highest BCUT2D eigenvalue weighted by Gasteiger charge is 2.44. The SMILES string of the molecule is CCOC(=O)c1c(C)cc(OCCCCCCCCCCCCCC[P+](c2ccccc2)(c2ccccc2)c2ccccc2)cc1O. The van der Waals surface area contributed by atoms with Gasteiger partial charge in [-0.2, -0.15) is 0 Å². The number of aryl methyl sites for hydroxylation is 1. The van der Waals surface area contributed by atoms with Crippen LogP contribution in [0.4, 0.5) is 0 Å². The number of ether oxygens (including phenoxy) is 2. The predicted octanol–water partition coefficient (Wildman–Crippen LogP) is 9.93. The lowest BCUT2D eigenvalue weighted by molar-refractivity contribution is 0.0522. The first-order valence-corrected chi connectivity index (χ1v) is 19.7. The van der Waals surface area contributed by atoms with E-state index >= 15 is 0 Å². The smallest absolute Gasteiger partial charge is 0.342 e. The highest BCUT2D eigenvalue weighted by molar-refractivity contribution is 7.95. The number of aromatic hydroxyl groups is 1. The molecule has 4 nitrogen and oxygen atoms in total. The lowest BCUT2D eigenvalue weighted by Crippen LogP contribution is -2.33. The molecule has 0 saturated heterocycles. The average Bonchev–Trinajstić information content (AvgIpc) is 3.09. The molecule has 0 aliphatic heterocycles. The molecule has 4 aromatic carbocycles. The van der Waals surface area contributed by atoms with Crippen LogP contribution in [0.5, 0.6) is 11.5 Å². The molecule has 47 heavy (non-hydrogen) atoms. The third kappa shape index (κ3) is 10.7. The van der Waals surface area contributed by atoms with Crippen LogP contribution < -0.4 is 20.7 Å². The van der Waals surface area contributed by atoms with Gasteiger partial charge in [0.15, 0.2) is 0 Å². The van der Waals surface area contributed by atoms with Crippen LogP contribution in [0.1, 0.15) is 99.9 Å². The van der Waals surface area contributed by atoms with E-state index in [2.05, 4.69) is 91.0 Å². The quantitative estimate of drug-likeness (QED) is 0.0553. The molecule has 0 heterocycles. The monoisotopic (exact) mass is 653 g/mol. The maximum absolute atomic E-state index is 12.0. The summed E-state index contributed by atoms with van der Waals surface area (Å²) in [7, 11) is -1.70. The third-order valence-corrected chi connectivity index (χ3v) is 13.5. The van der Waals surface area contributed by atoms with Crippen molar-refractivity contribution in [2.45, 2.75) is 90.9 Å². The van der Waals surface area contributed by atoms with Crippen molar-refractivity contribution in [2.24, 2.45) is 0 Å². The number of carbonyl (C=O) groups is 1. The Bertz CT molecular complexity index is 1340. The van der Waals surface area contributed by atoms with Crippen molar-refractivity contribution < 1.29 is 19.4 Å². The van der Waals surface area contributed by atoms with Gasteiger partial charge in [0.05, 0.1) is 19.4 Å². The Labute approximate surface area is 283 Å². The molecule has 0 fully saturated rings. The number of phenolic OH excluding ortho intramolecular Hbond substituents is 1. The van der Waals surface area contributed by atoms with Crippen molar-refractivity contribution in [2.75, 3.05) is 19.4 Å². The van der Waals surface area contributed by atoms with Gasteiger partial charge < -0.3 is 14.6 Å². The Morgan fingerprint density at radius 2 is 1.04 bits per heavy atom. The number of rotatable bonds is 21. The topological polar surface area (TPSA) is 55.8 Å². The third-order valence-electron chi connectivity index (χ3n) is 9.02. The fourth-order valence-electron chi connectivity index (χ4n) is 6.58. The van der Waals surface area contributed by atoms with Gasteiger partial charge in [-0.25, -0.2) is 4.79 Å². The molecular formula is C42H54O4P+. The van der Waals surface area contributed by atoms with Crippen LogP contribution in [0.3, 0.4) is 0 Å². The van der Waals surface area contributed by atoms with Crippen LogP contribution in [0.2, 0.25) is 0 Å². The Hall–Kier alpha value is -3.62. The summed E-state index contributed by atoms with van der Waals surface area (Å²) in [6.07, 6.45) is 16.4. The maximum Gasteiger partial charge on any atom is 0.342 e. The van der Waals surface area contributed by atoms with Crippen LogP contribution in [-0.2, 0) is 4.74 Å². The summed E-state index contributed by atoms with van der Waals surface area (Å²) < 4.78 is 10.9. The maximum atomic E-state index is 12.0. The lowest BCUT2D eigenvalue weighted by Gasteiger charge is -2.27. The predicted molar refractivity (Wildman–Crippen MR) is 200 cm³/mol. The molecule has 0 amide bonds. The Morgan fingerprint density at radius 3 is 1.47 bits per heavy atom. The van der Waals surface area contributed by atoms with Crippen LogP contribution in [-0.4, -0.2) is 30.5 Å². The highest BCUT2D eigenvalue weighted by Crippen LogP contribution is 2.56. The molecule has 4 aromatic rings. The number of esters is 1. The Morgan fingerprint density at radius 1 is 0.617 bits per heavy atom. The van der Waals surface area contributed by atoms with Crippen molar-refractivity contribution >= 4 is 29.1 Å². The van der Waals surface area contributed by atoms with Gasteiger partial charge in [-0.1, -0.05) is 112 Å². The van der Waals surface area contributed by atoms with E-state index in [0.717, 1.165) is 12.8 Å². The summed E-state index contributed by atoms with van der Waals surface area (Å²) in [5.41, 5.74) is 0.879. The van der Waals surface area contributed by atoms with Crippen molar-refractivity contribution in [3.05, 3.63) is 114 Å². The van der Waals surface area contributed by atoms with Gasteiger partial charge in [0.25, 0.3) is 0 Å². The number of carbonyl (C=O) groups excluding carboxylic acids is 1. The number of phenols is 1. The van der Waals surface area contributed by atoms with Crippen LogP contribution >= 0.6 is 7.26 Å². The van der Waals surface area contributed by atoms with E-state index in [-0.39, 0.29) is 17.9 Å². The first-order chi connectivity index (χ1) is 23.1. The van der Waals surface area contributed by atoms with Gasteiger partial charge in [-0.15, -0.1) is 0 Å². The molecule has 0 atom stereocenters. The molecule has 0 radical (unpaired) electrons. The number of hydrogen-bond donors (Lipinski definition) is 1. The van der Waals surface area contributed by atoms with Crippen molar-refractivity contribution in [1.82, 2.24) is 0 Å². The minimum absolute atomic E-state index is 0.0871. The fraction of sp³-hybridized carbons (Fsp3) is 0.405. The zero-order chi connectivity index (χ0) is 33.2. The van der Waals surface area contributed by atoms with E-state index in [1.54, 1.807) is 19.9 Å². The van der Waals surface area contributed by atoms with Crippen molar-refractivity contribution in [1.29, 1.82) is 0 Å². The second-order valence-corrected chi connectivity index (χ2v) is 16.1.